The van der Waals surface area contributed by atoms with Crippen LogP contribution in [0, 0.1) is 0 Å². The minimum absolute atomic E-state index is 0.0341. The first-order valence-electron chi connectivity index (χ1n) is 7.80. The molecule has 0 bridgehead atoms. The topological polar surface area (TPSA) is 64.2 Å². The number of carbonyl (C=O) groups is 3. The third kappa shape index (κ3) is 3.17. The van der Waals surface area contributed by atoms with E-state index in [0.717, 1.165) is 10.6 Å². The van der Waals surface area contributed by atoms with Crippen molar-refractivity contribution in [1.29, 1.82) is 0 Å². The molecule has 2 aliphatic rings. The van der Waals surface area contributed by atoms with E-state index >= 15 is 0 Å². The summed E-state index contributed by atoms with van der Waals surface area (Å²) in [5.41, 5.74) is 0.956. The first-order chi connectivity index (χ1) is 11.5. The van der Waals surface area contributed by atoms with Crippen LogP contribution in [0.1, 0.15) is 0 Å². The van der Waals surface area contributed by atoms with Crippen LogP contribution in [0.2, 0.25) is 5.02 Å². The van der Waals surface area contributed by atoms with Crippen molar-refractivity contribution in [2.75, 3.05) is 51.2 Å². The van der Waals surface area contributed by atoms with E-state index in [0.29, 0.717) is 31.2 Å². The maximum absolute atomic E-state index is 12.4. The van der Waals surface area contributed by atoms with Gasteiger partial charge in [-0.15, -0.1) is 0 Å². The van der Waals surface area contributed by atoms with Gasteiger partial charge in [-0.1, -0.05) is 23.7 Å². The molecule has 0 saturated carbocycles. The van der Waals surface area contributed by atoms with E-state index in [4.69, 9.17) is 11.6 Å². The Labute approximate surface area is 145 Å². The van der Waals surface area contributed by atoms with Gasteiger partial charge < -0.3 is 14.7 Å². The van der Waals surface area contributed by atoms with Crippen LogP contribution in [0.3, 0.4) is 0 Å². The largest absolute Gasteiger partial charge is 0.367 e. The van der Waals surface area contributed by atoms with E-state index in [1.807, 2.05) is 24.3 Å². The average Bonchev–Trinajstić information content (AvgIpc) is 2.82. The Bertz CT molecular complexity index is 673. The molecule has 0 aliphatic carbocycles. The number of hydrogen-bond acceptors (Lipinski definition) is 4. The van der Waals surface area contributed by atoms with Gasteiger partial charge in [0.25, 0.3) is 5.91 Å². The Morgan fingerprint density at radius 1 is 1.12 bits per heavy atom. The quantitative estimate of drug-likeness (QED) is 0.759. The minimum Gasteiger partial charge on any atom is -0.367 e. The zero-order chi connectivity index (χ0) is 17.3. The molecule has 0 N–H and O–H groups in total. The fraction of sp³-hybridized carbons (Fsp3) is 0.438. The minimum atomic E-state index is -0.414. The highest BCUT2D eigenvalue weighted by atomic mass is 35.5. The number of para-hydroxylation sites is 1. The number of hydrogen-bond donors (Lipinski definition) is 0. The number of amides is 4. The lowest BCUT2D eigenvalue weighted by Gasteiger charge is -2.36. The number of likely N-dealkylation sites (N-methyl/N-ethyl adjacent to an activating group) is 1. The second-order valence-corrected chi connectivity index (χ2v) is 6.34. The molecule has 2 fully saturated rings. The highest BCUT2D eigenvalue weighted by molar-refractivity contribution is 6.33. The molecule has 1 aromatic rings. The van der Waals surface area contributed by atoms with Gasteiger partial charge in [0.1, 0.15) is 13.1 Å². The number of carbonyl (C=O) groups excluding carboxylic acids is 3. The van der Waals surface area contributed by atoms with Crippen LogP contribution in [0.5, 0.6) is 0 Å². The smallest absolute Gasteiger partial charge is 0.327 e. The third-order valence-electron chi connectivity index (χ3n) is 4.35. The summed E-state index contributed by atoms with van der Waals surface area (Å²) in [7, 11) is 1.55. The predicted octanol–water partition coefficient (Wildman–Crippen LogP) is 0.883. The molecule has 7 nitrogen and oxygen atoms in total. The van der Waals surface area contributed by atoms with Crippen LogP contribution in [0.15, 0.2) is 24.3 Å². The molecule has 2 saturated heterocycles. The molecule has 8 heteroatoms. The lowest BCUT2D eigenvalue weighted by molar-refractivity contribution is -0.136. The molecule has 0 aromatic heterocycles. The van der Waals surface area contributed by atoms with Gasteiger partial charge in [-0.05, 0) is 12.1 Å². The predicted molar refractivity (Wildman–Crippen MR) is 90.0 cm³/mol. The van der Waals surface area contributed by atoms with E-state index < -0.39 is 6.03 Å². The van der Waals surface area contributed by atoms with Crippen molar-refractivity contribution in [2.24, 2.45) is 0 Å². The van der Waals surface area contributed by atoms with Crippen LogP contribution in [-0.4, -0.2) is 78.9 Å². The van der Waals surface area contributed by atoms with Crippen molar-refractivity contribution in [3.63, 3.8) is 0 Å². The van der Waals surface area contributed by atoms with Gasteiger partial charge in [-0.25, -0.2) is 4.79 Å². The van der Waals surface area contributed by atoms with Gasteiger partial charge >= 0.3 is 6.03 Å². The molecule has 2 heterocycles. The summed E-state index contributed by atoms with van der Waals surface area (Å²) in [4.78, 5) is 42.1. The van der Waals surface area contributed by atoms with Gasteiger partial charge in [0.2, 0.25) is 5.91 Å². The second-order valence-electron chi connectivity index (χ2n) is 5.94. The van der Waals surface area contributed by atoms with Crippen LogP contribution in [-0.2, 0) is 9.59 Å². The fourth-order valence-corrected chi connectivity index (χ4v) is 3.22. The maximum atomic E-state index is 12.4. The summed E-state index contributed by atoms with van der Waals surface area (Å²) in [6.07, 6.45) is 0. The number of halogens is 1. The second kappa shape index (κ2) is 6.68. The lowest BCUT2D eigenvalue weighted by Crippen LogP contribution is -2.52. The van der Waals surface area contributed by atoms with E-state index in [-0.39, 0.29) is 24.9 Å². The number of benzene rings is 1. The Balaban J connectivity index is 1.57. The van der Waals surface area contributed by atoms with Gasteiger partial charge in [-0.3, -0.25) is 14.5 Å². The van der Waals surface area contributed by atoms with Crippen LogP contribution >= 0.6 is 11.6 Å². The molecule has 1 aromatic carbocycles. The van der Waals surface area contributed by atoms with E-state index in [9.17, 15) is 14.4 Å². The third-order valence-corrected chi connectivity index (χ3v) is 4.67. The maximum Gasteiger partial charge on any atom is 0.327 e. The fourth-order valence-electron chi connectivity index (χ4n) is 2.96. The van der Waals surface area contributed by atoms with Crippen molar-refractivity contribution in [3.05, 3.63) is 29.3 Å². The molecule has 0 atom stereocenters. The zero-order valence-corrected chi connectivity index (χ0v) is 14.2. The van der Waals surface area contributed by atoms with Gasteiger partial charge in [0.15, 0.2) is 0 Å². The van der Waals surface area contributed by atoms with Gasteiger partial charge in [0, 0.05) is 33.2 Å². The number of rotatable bonds is 3. The Morgan fingerprint density at radius 2 is 1.79 bits per heavy atom. The number of piperazine rings is 1. The molecule has 24 heavy (non-hydrogen) atoms. The van der Waals surface area contributed by atoms with E-state index in [1.54, 1.807) is 11.9 Å². The first-order valence-corrected chi connectivity index (χ1v) is 8.18. The average molecular weight is 351 g/mol. The van der Waals surface area contributed by atoms with Gasteiger partial charge in [0.05, 0.1) is 10.7 Å². The molecule has 128 valence electrons. The summed E-state index contributed by atoms with van der Waals surface area (Å²) >= 11 is 6.21. The number of anilines is 1. The first kappa shape index (κ1) is 16.6. The lowest BCUT2D eigenvalue weighted by atomic mass is 10.2. The van der Waals surface area contributed by atoms with Crippen LogP contribution in [0.4, 0.5) is 10.5 Å². The van der Waals surface area contributed by atoms with Crippen LogP contribution < -0.4 is 4.90 Å². The Hall–Kier alpha value is -2.28. The summed E-state index contributed by atoms with van der Waals surface area (Å²) < 4.78 is 0. The molecule has 0 unspecified atom stereocenters. The molecular formula is C16H19ClN4O3. The Morgan fingerprint density at radius 3 is 2.38 bits per heavy atom. The SMILES string of the molecule is CN1CC(=O)N(CC(=O)N2CCN(c3ccccc3Cl)CC2)C1=O. The molecule has 2 aliphatic heterocycles. The van der Waals surface area contributed by atoms with Crippen molar-refractivity contribution < 1.29 is 14.4 Å². The normalized spacial score (nSPS) is 18.6. The standard InChI is InChI=1S/C16H19ClN4O3/c1-18-10-15(23)21(16(18)24)11-14(22)20-8-6-19(7-9-20)13-5-3-2-4-12(13)17/h2-5H,6-11H2,1H3. The summed E-state index contributed by atoms with van der Waals surface area (Å²) in [6, 6.07) is 7.20. The van der Waals surface area contributed by atoms with Crippen molar-refractivity contribution >= 4 is 35.1 Å². The summed E-state index contributed by atoms with van der Waals surface area (Å²) in [6.45, 7) is 2.25. The summed E-state index contributed by atoms with van der Waals surface area (Å²) in [5.74, 6) is -0.531. The highest BCUT2D eigenvalue weighted by Gasteiger charge is 2.36. The van der Waals surface area contributed by atoms with Crippen LogP contribution in [0.25, 0.3) is 0 Å². The molecule has 0 spiro atoms. The van der Waals surface area contributed by atoms with E-state index in [2.05, 4.69) is 4.90 Å². The molecule has 4 amide bonds. The highest BCUT2D eigenvalue weighted by Crippen LogP contribution is 2.26. The molecule has 3 rings (SSSR count). The number of nitrogens with zero attached hydrogens (tertiary/aromatic N) is 4. The van der Waals surface area contributed by atoms with Crippen molar-refractivity contribution in [3.8, 4) is 0 Å². The van der Waals surface area contributed by atoms with Crippen molar-refractivity contribution in [1.82, 2.24) is 14.7 Å². The molecule has 0 radical (unpaired) electrons. The van der Waals surface area contributed by atoms with Gasteiger partial charge in [-0.2, -0.15) is 0 Å². The number of imide groups is 1. The van der Waals surface area contributed by atoms with Crippen molar-refractivity contribution in [2.45, 2.75) is 0 Å². The monoisotopic (exact) mass is 350 g/mol. The van der Waals surface area contributed by atoms with E-state index in [1.165, 1.54) is 4.90 Å². The zero-order valence-electron chi connectivity index (χ0n) is 13.4. The number of urea groups is 1. The Kier molecular flexibility index (Phi) is 4.62. The molecular weight excluding hydrogens is 332 g/mol. The summed E-state index contributed by atoms with van der Waals surface area (Å²) in [5, 5.41) is 0.688.